The minimum atomic E-state index is -1.16. The summed E-state index contributed by atoms with van der Waals surface area (Å²) in [4.78, 5) is 14.0. The number of hydrogen-bond donors (Lipinski definition) is 2. The Hall–Kier alpha value is -2.16. The largest absolute Gasteiger partial charge is 0.383 e. The Bertz CT molecular complexity index is 1010. The molecule has 2 heterocycles. The first-order valence-electron chi connectivity index (χ1n) is 8.67. The molecule has 0 amide bonds. The predicted octanol–water partition coefficient (Wildman–Crippen LogP) is 3.76. The van der Waals surface area contributed by atoms with Crippen LogP contribution in [-0.4, -0.2) is 30.5 Å². The highest BCUT2D eigenvalue weighted by Crippen LogP contribution is 2.44. The number of thiazole rings is 1. The molecule has 8 heteroatoms. The number of aromatic nitrogens is 3. The molecule has 0 bridgehead atoms. The van der Waals surface area contributed by atoms with E-state index in [0.717, 1.165) is 46.0 Å². The van der Waals surface area contributed by atoms with Gasteiger partial charge in [-0.2, -0.15) is 0 Å². The molecule has 1 aliphatic rings. The number of nitrogens with zero attached hydrogens (tertiary/aromatic N) is 3. The van der Waals surface area contributed by atoms with E-state index < -0.39 is 16.4 Å². The first kappa shape index (κ1) is 18.2. The zero-order valence-corrected chi connectivity index (χ0v) is 16.7. The first-order valence-corrected chi connectivity index (χ1v) is 11.0. The van der Waals surface area contributed by atoms with Gasteiger partial charge in [0.15, 0.2) is 0 Å². The van der Waals surface area contributed by atoms with Crippen molar-refractivity contribution < 1.29 is 9.32 Å². The van der Waals surface area contributed by atoms with Gasteiger partial charge in [-0.15, -0.1) is 11.3 Å². The van der Waals surface area contributed by atoms with Crippen molar-refractivity contribution in [2.24, 2.45) is 0 Å². The summed E-state index contributed by atoms with van der Waals surface area (Å²) < 4.78 is 11.6. The Morgan fingerprint density at radius 2 is 2.07 bits per heavy atom. The van der Waals surface area contributed by atoms with Gasteiger partial charge in [0.05, 0.1) is 15.7 Å². The minimum Gasteiger partial charge on any atom is -0.383 e. The topological polar surface area (TPSA) is 88.0 Å². The number of aryl methyl sites for hydroxylation is 1. The fourth-order valence-electron chi connectivity index (χ4n) is 3.04. The fourth-order valence-corrected chi connectivity index (χ4v) is 4.55. The maximum atomic E-state index is 11.6. The van der Waals surface area contributed by atoms with E-state index in [2.05, 4.69) is 26.3 Å². The second-order valence-electron chi connectivity index (χ2n) is 6.80. The fraction of sp³-hybridized carbons (Fsp3) is 0.316. The number of rotatable bonds is 5. The van der Waals surface area contributed by atoms with Gasteiger partial charge in [-0.3, -0.25) is 4.21 Å². The highest BCUT2D eigenvalue weighted by Gasteiger charge is 2.39. The highest BCUT2D eigenvalue weighted by molar-refractivity contribution is 7.84. The molecule has 4 rings (SSSR count). The number of nitrogens with one attached hydrogen (secondary N) is 1. The molecule has 0 radical (unpaired) electrons. The standard InChI is InChI=1S/C19H20N4O2S2/c1-12-8-13(15-11-21-17(26-15)19(24)5-3-6-19)10-14(9-12)22-18-20-7-4-16(23-18)27(2)25/h4,7-11,24H,3,5-6H2,1-2H3,(H,20,22,23). The van der Waals surface area contributed by atoms with E-state index in [0.29, 0.717) is 11.0 Å². The predicted molar refractivity (Wildman–Crippen MR) is 108 cm³/mol. The Morgan fingerprint density at radius 3 is 2.78 bits per heavy atom. The molecular weight excluding hydrogens is 380 g/mol. The molecule has 0 saturated heterocycles. The summed E-state index contributed by atoms with van der Waals surface area (Å²) in [6, 6.07) is 7.75. The summed E-state index contributed by atoms with van der Waals surface area (Å²) in [5.74, 6) is 0.410. The van der Waals surface area contributed by atoms with Crippen molar-refractivity contribution in [3.8, 4) is 10.4 Å². The smallest absolute Gasteiger partial charge is 0.228 e. The summed E-state index contributed by atoms with van der Waals surface area (Å²) in [5.41, 5.74) is 2.22. The van der Waals surface area contributed by atoms with Crippen LogP contribution in [0.2, 0.25) is 0 Å². The zero-order chi connectivity index (χ0) is 19.0. The van der Waals surface area contributed by atoms with Crippen molar-refractivity contribution in [3.63, 3.8) is 0 Å². The Labute approximate surface area is 164 Å². The molecule has 27 heavy (non-hydrogen) atoms. The molecule has 1 fully saturated rings. The van der Waals surface area contributed by atoms with Gasteiger partial charge in [-0.1, -0.05) is 6.07 Å². The molecule has 1 atom stereocenters. The van der Waals surface area contributed by atoms with Gasteiger partial charge in [-0.05, 0) is 55.5 Å². The molecule has 0 aliphatic heterocycles. The molecule has 2 N–H and O–H groups in total. The number of benzene rings is 1. The van der Waals surface area contributed by atoms with Gasteiger partial charge < -0.3 is 10.4 Å². The summed E-state index contributed by atoms with van der Waals surface area (Å²) in [6.07, 6.45) is 7.63. The van der Waals surface area contributed by atoms with E-state index in [9.17, 15) is 9.32 Å². The van der Waals surface area contributed by atoms with Gasteiger partial charge in [0.2, 0.25) is 5.95 Å². The average molecular weight is 401 g/mol. The quantitative estimate of drug-likeness (QED) is 0.634. The molecule has 3 aromatic rings. The monoisotopic (exact) mass is 400 g/mol. The molecule has 1 unspecified atom stereocenters. The van der Waals surface area contributed by atoms with Gasteiger partial charge in [0.1, 0.15) is 15.6 Å². The van der Waals surface area contributed by atoms with Crippen LogP contribution in [0.1, 0.15) is 29.8 Å². The van der Waals surface area contributed by atoms with Crippen LogP contribution in [0.25, 0.3) is 10.4 Å². The van der Waals surface area contributed by atoms with Crippen LogP contribution in [0.15, 0.2) is 41.7 Å². The van der Waals surface area contributed by atoms with Crippen molar-refractivity contribution in [2.45, 2.75) is 36.8 Å². The number of hydrogen-bond acceptors (Lipinski definition) is 7. The normalized spacial score (nSPS) is 16.6. The van der Waals surface area contributed by atoms with E-state index >= 15 is 0 Å². The van der Waals surface area contributed by atoms with E-state index in [-0.39, 0.29) is 0 Å². The summed E-state index contributed by atoms with van der Waals surface area (Å²) in [7, 11) is -1.16. The molecule has 2 aromatic heterocycles. The molecule has 1 aliphatic carbocycles. The number of aliphatic hydroxyl groups is 1. The van der Waals surface area contributed by atoms with Crippen LogP contribution in [0.4, 0.5) is 11.6 Å². The van der Waals surface area contributed by atoms with E-state index in [1.54, 1.807) is 18.5 Å². The minimum absolute atomic E-state index is 0.410. The SMILES string of the molecule is Cc1cc(Nc2nccc(S(C)=O)n2)cc(-c2cnc(C3(O)CCC3)s2)c1. The lowest BCUT2D eigenvalue weighted by Crippen LogP contribution is -2.33. The highest BCUT2D eigenvalue weighted by atomic mass is 32.2. The van der Waals surface area contributed by atoms with E-state index in [1.165, 1.54) is 11.3 Å². The Morgan fingerprint density at radius 1 is 1.26 bits per heavy atom. The van der Waals surface area contributed by atoms with Crippen LogP contribution in [0, 0.1) is 6.92 Å². The molecule has 0 spiro atoms. The van der Waals surface area contributed by atoms with Gasteiger partial charge >= 0.3 is 0 Å². The van der Waals surface area contributed by atoms with Crippen molar-refractivity contribution in [2.75, 3.05) is 11.6 Å². The summed E-state index contributed by atoms with van der Waals surface area (Å²) >= 11 is 1.54. The lowest BCUT2D eigenvalue weighted by Gasteiger charge is -2.34. The molecule has 140 valence electrons. The summed E-state index contributed by atoms with van der Waals surface area (Å²) in [5, 5.41) is 15.0. The van der Waals surface area contributed by atoms with Gasteiger partial charge in [0.25, 0.3) is 0 Å². The second kappa shape index (κ2) is 7.10. The van der Waals surface area contributed by atoms with Crippen molar-refractivity contribution in [1.29, 1.82) is 0 Å². The molecule has 1 aromatic carbocycles. The average Bonchev–Trinajstić information content (AvgIpc) is 3.10. The third-order valence-electron chi connectivity index (χ3n) is 4.63. The van der Waals surface area contributed by atoms with E-state index in [4.69, 9.17) is 0 Å². The molecular formula is C19H20N4O2S2. The van der Waals surface area contributed by atoms with Crippen LogP contribution < -0.4 is 5.32 Å². The second-order valence-corrected chi connectivity index (χ2v) is 9.16. The maximum Gasteiger partial charge on any atom is 0.228 e. The third-order valence-corrected chi connectivity index (χ3v) is 6.68. The lowest BCUT2D eigenvalue weighted by atomic mass is 9.81. The lowest BCUT2D eigenvalue weighted by molar-refractivity contribution is -0.0389. The van der Waals surface area contributed by atoms with Crippen LogP contribution in [-0.2, 0) is 16.4 Å². The van der Waals surface area contributed by atoms with Crippen LogP contribution in [0.5, 0.6) is 0 Å². The summed E-state index contributed by atoms with van der Waals surface area (Å²) in [6.45, 7) is 2.02. The zero-order valence-electron chi connectivity index (χ0n) is 15.1. The van der Waals surface area contributed by atoms with Gasteiger partial charge in [-0.25, -0.2) is 15.0 Å². The van der Waals surface area contributed by atoms with Crippen molar-refractivity contribution in [1.82, 2.24) is 15.0 Å². The number of anilines is 2. The Kier molecular flexibility index (Phi) is 4.79. The first-order chi connectivity index (χ1) is 12.9. The maximum absolute atomic E-state index is 11.6. The molecule has 6 nitrogen and oxygen atoms in total. The van der Waals surface area contributed by atoms with Crippen LogP contribution >= 0.6 is 11.3 Å². The Balaban J connectivity index is 1.62. The van der Waals surface area contributed by atoms with Gasteiger partial charge in [0, 0.05) is 24.3 Å². The molecule has 1 saturated carbocycles. The van der Waals surface area contributed by atoms with Crippen molar-refractivity contribution >= 4 is 33.8 Å². The third kappa shape index (κ3) is 3.78. The van der Waals surface area contributed by atoms with Crippen LogP contribution in [0.3, 0.4) is 0 Å². The van der Waals surface area contributed by atoms with E-state index in [1.807, 2.05) is 25.3 Å². The van der Waals surface area contributed by atoms with Crippen molar-refractivity contribution in [3.05, 3.63) is 47.2 Å².